The molecule has 0 aliphatic carbocycles. The molecule has 1 heterocycles. The van der Waals surface area contributed by atoms with Gasteiger partial charge in [0.15, 0.2) is 0 Å². The summed E-state index contributed by atoms with van der Waals surface area (Å²) in [4.78, 5) is 16.7. The van der Waals surface area contributed by atoms with Gasteiger partial charge >= 0.3 is 0 Å². The summed E-state index contributed by atoms with van der Waals surface area (Å²) < 4.78 is 0. The summed E-state index contributed by atoms with van der Waals surface area (Å²) in [5, 5.41) is 0. The number of rotatable bonds is 1. The maximum atomic E-state index is 10.6. The number of aromatic amines is 1. The van der Waals surface area contributed by atoms with Gasteiger partial charge in [0.1, 0.15) is 0 Å². The molecular formula is C5H6ClN3O. The third-order valence-corrected chi connectivity index (χ3v) is 1.22. The first-order valence-electron chi connectivity index (χ1n) is 2.64. The van der Waals surface area contributed by atoms with Gasteiger partial charge in [0.25, 0.3) is 5.56 Å². The Kier molecular flexibility index (Phi) is 1.91. The van der Waals surface area contributed by atoms with Gasteiger partial charge in [-0.05, 0) is 0 Å². The molecule has 1 aromatic rings. The highest BCUT2D eigenvalue weighted by Gasteiger charge is 1.94. The van der Waals surface area contributed by atoms with E-state index in [-0.39, 0.29) is 17.4 Å². The van der Waals surface area contributed by atoms with Crippen molar-refractivity contribution < 1.29 is 0 Å². The zero-order chi connectivity index (χ0) is 7.56. The fourth-order valence-electron chi connectivity index (χ4n) is 0.597. The third-order valence-electron chi connectivity index (χ3n) is 0.950. The molecule has 0 spiro atoms. The van der Waals surface area contributed by atoms with Crippen molar-refractivity contribution in [3.8, 4) is 0 Å². The fraction of sp³-hybridized carbons (Fsp3) is 0.200. The van der Waals surface area contributed by atoms with Crippen LogP contribution in [-0.2, 0) is 5.88 Å². The number of halogens is 1. The second kappa shape index (κ2) is 2.70. The maximum Gasteiger partial charge on any atom is 0.252 e. The zero-order valence-electron chi connectivity index (χ0n) is 5.10. The lowest BCUT2D eigenvalue weighted by Crippen LogP contribution is -2.11. The van der Waals surface area contributed by atoms with Crippen LogP contribution in [0.5, 0.6) is 0 Å². The molecule has 0 atom stereocenters. The Morgan fingerprint density at radius 3 is 3.00 bits per heavy atom. The molecule has 0 fully saturated rings. The van der Waals surface area contributed by atoms with Crippen LogP contribution in [0.3, 0.4) is 0 Å². The quantitative estimate of drug-likeness (QED) is 0.571. The molecule has 0 aliphatic heterocycles. The van der Waals surface area contributed by atoms with Gasteiger partial charge in [-0.15, -0.1) is 11.6 Å². The standard InChI is InChI=1S/C5H6ClN3O/c6-2-3-1-4(10)9-5(7)8-3/h1H,2H2,(H3,7,8,9,10). The van der Waals surface area contributed by atoms with E-state index in [2.05, 4.69) is 9.97 Å². The molecular weight excluding hydrogens is 154 g/mol. The van der Waals surface area contributed by atoms with Crippen molar-refractivity contribution in [3.63, 3.8) is 0 Å². The number of nitrogens with zero attached hydrogens (tertiary/aromatic N) is 1. The SMILES string of the molecule is Nc1nc(CCl)cc(=O)[nH]1. The van der Waals surface area contributed by atoms with Gasteiger partial charge in [-0.2, -0.15) is 0 Å². The highest BCUT2D eigenvalue weighted by atomic mass is 35.5. The minimum Gasteiger partial charge on any atom is -0.369 e. The van der Waals surface area contributed by atoms with Gasteiger partial charge in [0.2, 0.25) is 5.95 Å². The predicted molar refractivity (Wildman–Crippen MR) is 38.8 cm³/mol. The van der Waals surface area contributed by atoms with Crippen molar-refractivity contribution in [2.24, 2.45) is 0 Å². The fourth-order valence-corrected chi connectivity index (χ4v) is 0.734. The molecule has 0 saturated carbocycles. The second-order valence-electron chi connectivity index (χ2n) is 1.76. The molecule has 54 valence electrons. The number of nitrogens with two attached hydrogens (primary N) is 1. The van der Waals surface area contributed by atoms with Crippen LogP contribution in [0, 0.1) is 0 Å². The minimum absolute atomic E-state index is 0.100. The molecule has 5 heteroatoms. The van der Waals surface area contributed by atoms with Crippen molar-refractivity contribution in [2.75, 3.05) is 5.73 Å². The average molecular weight is 160 g/mol. The molecule has 4 nitrogen and oxygen atoms in total. The number of hydrogen-bond acceptors (Lipinski definition) is 3. The number of alkyl halides is 1. The Labute approximate surface area is 62.0 Å². The summed E-state index contributed by atoms with van der Waals surface area (Å²) in [5.74, 6) is 0.303. The van der Waals surface area contributed by atoms with E-state index in [1.165, 1.54) is 6.07 Å². The minimum atomic E-state index is -0.275. The Morgan fingerprint density at radius 1 is 1.80 bits per heavy atom. The van der Waals surface area contributed by atoms with Gasteiger partial charge in [-0.25, -0.2) is 4.98 Å². The van der Waals surface area contributed by atoms with Crippen molar-refractivity contribution >= 4 is 17.5 Å². The highest BCUT2D eigenvalue weighted by molar-refractivity contribution is 6.16. The van der Waals surface area contributed by atoms with E-state index in [0.29, 0.717) is 5.69 Å². The van der Waals surface area contributed by atoms with Crippen molar-refractivity contribution in [1.82, 2.24) is 9.97 Å². The van der Waals surface area contributed by atoms with E-state index in [0.717, 1.165) is 0 Å². The number of aromatic nitrogens is 2. The lowest BCUT2D eigenvalue weighted by atomic mass is 10.4. The summed E-state index contributed by atoms with van der Waals surface area (Å²) in [6.07, 6.45) is 0. The first-order valence-corrected chi connectivity index (χ1v) is 3.17. The van der Waals surface area contributed by atoms with Crippen LogP contribution >= 0.6 is 11.6 Å². The molecule has 10 heavy (non-hydrogen) atoms. The van der Waals surface area contributed by atoms with Crippen LogP contribution in [0.1, 0.15) is 5.69 Å². The summed E-state index contributed by atoms with van der Waals surface area (Å²) in [6.45, 7) is 0. The first-order chi connectivity index (χ1) is 4.72. The predicted octanol–water partition coefficient (Wildman–Crippen LogP) is 0.0909. The van der Waals surface area contributed by atoms with Crippen LogP contribution < -0.4 is 11.3 Å². The van der Waals surface area contributed by atoms with Gasteiger partial charge in [-0.3, -0.25) is 9.78 Å². The van der Waals surface area contributed by atoms with E-state index in [1.54, 1.807) is 0 Å². The Bertz CT molecular complexity index is 282. The van der Waals surface area contributed by atoms with Gasteiger partial charge in [0, 0.05) is 6.07 Å². The number of hydrogen-bond donors (Lipinski definition) is 2. The number of H-pyrrole nitrogens is 1. The van der Waals surface area contributed by atoms with E-state index < -0.39 is 0 Å². The van der Waals surface area contributed by atoms with Crippen molar-refractivity contribution in [3.05, 3.63) is 22.1 Å². The van der Waals surface area contributed by atoms with Gasteiger partial charge in [0.05, 0.1) is 11.6 Å². The van der Waals surface area contributed by atoms with Gasteiger partial charge in [-0.1, -0.05) is 0 Å². The van der Waals surface area contributed by atoms with E-state index in [9.17, 15) is 4.79 Å². The molecule has 1 aromatic heterocycles. The molecule has 1 rings (SSSR count). The largest absolute Gasteiger partial charge is 0.369 e. The lowest BCUT2D eigenvalue weighted by molar-refractivity contribution is 1.07. The Morgan fingerprint density at radius 2 is 2.50 bits per heavy atom. The Balaban J connectivity index is 3.19. The number of nitrogen functional groups attached to an aromatic ring is 1. The van der Waals surface area contributed by atoms with E-state index in [4.69, 9.17) is 17.3 Å². The molecule has 0 unspecified atom stereocenters. The summed E-state index contributed by atoms with van der Waals surface area (Å²) >= 11 is 5.40. The van der Waals surface area contributed by atoms with E-state index >= 15 is 0 Å². The smallest absolute Gasteiger partial charge is 0.252 e. The normalized spacial score (nSPS) is 9.70. The van der Waals surface area contributed by atoms with Crippen molar-refractivity contribution in [2.45, 2.75) is 5.88 Å². The summed E-state index contributed by atoms with van der Waals surface area (Å²) in [7, 11) is 0. The molecule has 0 radical (unpaired) electrons. The molecule has 0 bridgehead atoms. The third kappa shape index (κ3) is 1.48. The van der Waals surface area contributed by atoms with E-state index in [1.807, 2.05) is 0 Å². The lowest BCUT2D eigenvalue weighted by Gasteiger charge is -1.93. The maximum absolute atomic E-state index is 10.6. The first kappa shape index (κ1) is 7.08. The van der Waals surface area contributed by atoms with Crippen molar-refractivity contribution in [1.29, 1.82) is 0 Å². The second-order valence-corrected chi connectivity index (χ2v) is 2.02. The molecule has 3 N–H and O–H groups in total. The molecule has 0 aromatic carbocycles. The topological polar surface area (TPSA) is 71.8 Å². The molecule has 0 saturated heterocycles. The molecule has 0 aliphatic rings. The monoisotopic (exact) mass is 159 g/mol. The summed E-state index contributed by atoms with van der Waals surface area (Å²) in [5.41, 5.74) is 5.42. The van der Waals surface area contributed by atoms with Crippen LogP contribution in [0.15, 0.2) is 10.9 Å². The zero-order valence-corrected chi connectivity index (χ0v) is 5.85. The summed E-state index contributed by atoms with van der Waals surface area (Å²) in [6, 6.07) is 1.31. The number of anilines is 1. The van der Waals surface area contributed by atoms with Gasteiger partial charge < -0.3 is 5.73 Å². The van der Waals surface area contributed by atoms with Crippen LogP contribution in [0.4, 0.5) is 5.95 Å². The number of nitrogens with one attached hydrogen (secondary N) is 1. The van der Waals surface area contributed by atoms with Crippen LogP contribution in [0.2, 0.25) is 0 Å². The highest BCUT2D eigenvalue weighted by Crippen LogP contribution is 1.95. The molecule has 0 amide bonds. The Hall–Kier alpha value is -1.03. The average Bonchev–Trinajstić information content (AvgIpc) is 1.85. The van der Waals surface area contributed by atoms with Crippen LogP contribution in [-0.4, -0.2) is 9.97 Å². The van der Waals surface area contributed by atoms with Crippen LogP contribution in [0.25, 0.3) is 0 Å².